The van der Waals surface area contributed by atoms with Crippen molar-refractivity contribution in [2.45, 2.75) is 63.1 Å². The topological polar surface area (TPSA) is 40.5 Å². The molecule has 0 aromatic rings. The van der Waals surface area contributed by atoms with Gasteiger partial charge in [0.05, 0.1) is 0 Å². The van der Waals surface area contributed by atoms with Crippen molar-refractivity contribution < 1.29 is 10.0 Å². The summed E-state index contributed by atoms with van der Waals surface area (Å²) < 4.78 is -0.160. The maximum absolute atomic E-state index is 10.1. The third-order valence-corrected chi connectivity index (χ3v) is 25.3. The molecule has 0 fully saturated rings. The minimum atomic E-state index is -1.65. The van der Waals surface area contributed by atoms with Gasteiger partial charge in [-0.05, 0) is 4.18 Å². The van der Waals surface area contributed by atoms with Crippen molar-refractivity contribution in [3.63, 3.8) is 0 Å². The van der Waals surface area contributed by atoms with E-state index in [0.29, 0.717) is 0 Å². The standard InChI is InChI=1S/C10H29BO2Si3/c1-14(2,3)10(11(12)13,15(4,5)6)16(7,8)9/h12-13H,1-9H3. The summed E-state index contributed by atoms with van der Waals surface area (Å²) in [5, 5.41) is 20.3. The van der Waals surface area contributed by atoms with E-state index in [1.165, 1.54) is 0 Å². The Morgan fingerprint density at radius 2 is 0.812 bits per heavy atom. The normalized spacial score (nSPS) is 15.2. The first kappa shape index (κ1) is 16.6. The van der Waals surface area contributed by atoms with Crippen molar-refractivity contribution in [3.05, 3.63) is 0 Å². The zero-order chi connectivity index (χ0) is 13.6. The van der Waals surface area contributed by atoms with Crippen molar-refractivity contribution in [2.75, 3.05) is 0 Å². The second-order valence-electron chi connectivity index (χ2n) is 7.93. The van der Waals surface area contributed by atoms with E-state index in [-0.39, 0.29) is 4.18 Å². The average Bonchev–Trinajstić information content (AvgIpc) is 1.71. The summed E-state index contributed by atoms with van der Waals surface area (Å²) in [6.45, 7) is 20.7. The molecule has 0 saturated heterocycles. The zero-order valence-corrected chi connectivity index (χ0v) is 15.5. The lowest BCUT2D eigenvalue weighted by Gasteiger charge is -2.58. The predicted molar refractivity (Wildman–Crippen MR) is 82.9 cm³/mol. The lowest BCUT2D eigenvalue weighted by Crippen LogP contribution is -2.72. The quantitative estimate of drug-likeness (QED) is 0.775. The van der Waals surface area contributed by atoms with Gasteiger partial charge in [-0.2, -0.15) is 0 Å². The third kappa shape index (κ3) is 2.41. The number of hydrogen-bond donors (Lipinski definition) is 2. The van der Waals surface area contributed by atoms with Gasteiger partial charge in [-0.1, -0.05) is 58.9 Å². The molecular formula is C10H29BO2Si3. The molecule has 2 nitrogen and oxygen atoms in total. The van der Waals surface area contributed by atoms with Crippen LogP contribution in [0.25, 0.3) is 0 Å². The van der Waals surface area contributed by atoms with Gasteiger partial charge in [0, 0.05) is 24.2 Å². The van der Waals surface area contributed by atoms with Gasteiger partial charge in [0.2, 0.25) is 0 Å². The van der Waals surface area contributed by atoms with Crippen molar-refractivity contribution in [2.24, 2.45) is 0 Å². The van der Waals surface area contributed by atoms with E-state index in [9.17, 15) is 10.0 Å². The van der Waals surface area contributed by atoms with Gasteiger partial charge in [-0.15, -0.1) is 0 Å². The van der Waals surface area contributed by atoms with Crippen molar-refractivity contribution in [1.82, 2.24) is 0 Å². The lowest BCUT2D eigenvalue weighted by molar-refractivity contribution is 0.401. The van der Waals surface area contributed by atoms with Crippen LogP contribution in [0.1, 0.15) is 0 Å². The highest BCUT2D eigenvalue weighted by atomic mass is 28.5. The molecular weight excluding hydrogens is 247 g/mol. The Bertz CT molecular complexity index is 212. The summed E-state index contributed by atoms with van der Waals surface area (Å²) in [5.41, 5.74) is 0. The fraction of sp³-hybridized carbons (Fsp3) is 1.00. The van der Waals surface area contributed by atoms with Gasteiger partial charge in [-0.25, -0.2) is 0 Å². The molecule has 0 saturated carbocycles. The molecule has 0 unspecified atom stereocenters. The molecule has 0 aromatic carbocycles. The summed E-state index contributed by atoms with van der Waals surface area (Å²) in [6.07, 6.45) is 0. The highest BCUT2D eigenvalue weighted by Crippen LogP contribution is 2.54. The Labute approximate surface area is 105 Å². The van der Waals surface area contributed by atoms with E-state index >= 15 is 0 Å². The third-order valence-electron chi connectivity index (χ3n) is 3.94. The van der Waals surface area contributed by atoms with E-state index in [1.807, 2.05) is 0 Å². The molecule has 6 heteroatoms. The van der Waals surface area contributed by atoms with Crippen LogP contribution in [0, 0.1) is 0 Å². The molecule has 0 aromatic heterocycles. The minimum Gasteiger partial charge on any atom is -0.427 e. The molecule has 96 valence electrons. The summed E-state index contributed by atoms with van der Waals surface area (Å²) in [6, 6.07) is 0. The summed E-state index contributed by atoms with van der Waals surface area (Å²) in [7, 11) is -6.08. The molecule has 0 bridgehead atoms. The maximum atomic E-state index is 10.1. The molecule has 0 atom stereocenters. The van der Waals surface area contributed by atoms with Crippen LogP contribution in [0.3, 0.4) is 0 Å². The molecule has 0 aliphatic heterocycles. The van der Waals surface area contributed by atoms with Crippen LogP contribution in [0.15, 0.2) is 0 Å². The second-order valence-corrected chi connectivity index (χ2v) is 25.3. The highest BCUT2D eigenvalue weighted by Gasteiger charge is 2.65. The Kier molecular flexibility index (Phi) is 4.56. The first-order valence-corrected chi connectivity index (χ1v) is 16.6. The van der Waals surface area contributed by atoms with Crippen LogP contribution in [0.2, 0.25) is 63.1 Å². The largest absolute Gasteiger partial charge is 0.449 e. The molecule has 2 N–H and O–H groups in total. The van der Waals surface area contributed by atoms with Crippen LogP contribution in [-0.4, -0.2) is 41.4 Å². The molecule has 0 rings (SSSR count). The fourth-order valence-electron chi connectivity index (χ4n) is 4.54. The Hall–Kier alpha value is 0.636. The second kappa shape index (κ2) is 4.39. The monoisotopic (exact) mass is 276 g/mol. The van der Waals surface area contributed by atoms with Crippen LogP contribution in [-0.2, 0) is 0 Å². The van der Waals surface area contributed by atoms with Gasteiger partial charge in [-0.3, -0.25) is 0 Å². The molecule has 0 aliphatic carbocycles. The smallest absolute Gasteiger partial charge is 0.427 e. The van der Waals surface area contributed by atoms with Gasteiger partial charge in [0.25, 0.3) is 0 Å². The number of hydrogen-bond acceptors (Lipinski definition) is 2. The van der Waals surface area contributed by atoms with E-state index in [0.717, 1.165) is 0 Å². The van der Waals surface area contributed by atoms with Crippen molar-refractivity contribution >= 4 is 31.3 Å². The van der Waals surface area contributed by atoms with Gasteiger partial charge >= 0.3 is 7.12 Å². The summed E-state index contributed by atoms with van der Waals surface area (Å²) >= 11 is 0. The van der Waals surface area contributed by atoms with E-state index < -0.39 is 31.3 Å². The SMILES string of the molecule is C[Si](C)(C)C(B(O)O)([Si](C)(C)C)[Si](C)(C)C. The number of rotatable bonds is 4. The van der Waals surface area contributed by atoms with Crippen LogP contribution < -0.4 is 0 Å². The lowest BCUT2D eigenvalue weighted by atomic mass is 9.95. The van der Waals surface area contributed by atoms with E-state index in [4.69, 9.17) is 0 Å². The van der Waals surface area contributed by atoms with E-state index in [1.54, 1.807) is 0 Å². The molecule has 0 heterocycles. The molecule has 0 spiro atoms. The predicted octanol–water partition coefficient (Wildman–Crippen LogP) is 2.83. The van der Waals surface area contributed by atoms with Crippen LogP contribution >= 0.6 is 0 Å². The zero-order valence-electron chi connectivity index (χ0n) is 12.5. The average molecular weight is 276 g/mol. The Morgan fingerprint density at radius 3 is 0.812 bits per heavy atom. The highest BCUT2D eigenvalue weighted by molar-refractivity contribution is 7.24. The van der Waals surface area contributed by atoms with E-state index in [2.05, 4.69) is 58.9 Å². The van der Waals surface area contributed by atoms with Crippen molar-refractivity contribution in [3.8, 4) is 0 Å². The molecule has 16 heavy (non-hydrogen) atoms. The van der Waals surface area contributed by atoms with Crippen LogP contribution in [0.4, 0.5) is 0 Å². The van der Waals surface area contributed by atoms with Gasteiger partial charge in [0.1, 0.15) is 0 Å². The molecule has 0 aliphatic rings. The molecule has 0 amide bonds. The van der Waals surface area contributed by atoms with Crippen LogP contribution in [0.5, 0.6) is 0 Å². The summed E-state index contributed by atoms with van der Waals surface area (Å²) in [4.78, 5) is 0. The van der Waals surface area contributed by atoms with Crippen molar-refractivity contribution in [1.29, 1.82) is 0 Å². The first-order chi connectivity index (χ1) is 6.69. The van der Waals surface area contributed by atoms with Gasteiger partial charge in [0.15, 0.2) is 0 Å². The minimum absolute atomic E-state index is 0.160. The fourth-order valence-corrected chi connectivity index (χ4v) is 33.9. The maximum Gasteiger partial charge on any atom is 0.449 e. The summed E-state index contributed by atoms with van der Waals surface area (Å²) in [5.74, 6) is 0. The van der Waals surface area contributed by atoms with Gasteiger partial charge < -0.3 is 10.0 Å². The Balaban J connectivity index is 6.05. The molecule has 0 radical (unpaired) electrons. The Morgan fingerprint density at radius 1 is 0.625 bits per heavy atom. The first-order valence-electron chi connectivity index (χ1n) is 6.06.